The number of amides is 1. The molecule has 1 fully saturated rings. The molecule has 0 N–H and O–H groups in total. The molecule has 1 saturated heterocycles. The highest BCUT2D eigenvalue weighted by Gasteiger charge is 2.27. The molecule has 0 bridgehead atoms. The minimum absolute atomic E-state index is 0.0391. The van der Waals surface area contributed by atoms with Gasteiger partial charge in [0.1, 0.15) is 5.82 Å². The van der Waals surface area contributed by atoms with Gasteiger partial charge >= 0.3 is 0 Å². The number of carbonyl (C=O) groups excluding carboxylic acids is 1. The van der Waals surface area contributed by atoms with Gasteiger partial charge in [0, 0.05) is 31.6 Å². The van der Waals surface area contributed by atoms with Gasteiger partial charge in [-0.15, -0.1) is 0 Å². The molecule has 1 aliphatic heterocycles. The second-order valence-corrected chi connectivity index (χ2v) is 7.84. The number of benzene rings is 2. The van der Waals surface area contributed by atoms with Gasteiger partial charge in [-0.05, 0) is 56.1 Å². The van der Waals surface area contributed by atoms with E-state index in [2.05, 4.69) is 4.90 Å². The summed E-state index contributed by atoms with van der Waals surface area (Å²) >= 11 is 0. The maximum atomic E-state index is 13.9. The lowest BCUT2D eigenvalue weighted by Crippen LogP contribution is -2.41. The largest absolute Gasteiger partial charge is 0.493 e. The van der Waals surface area contributed by atoms with Gasteiger partial charge in [0.2, 0.25) is 5.91 Å². The molecule has 0 aliphatic carbocycles. The normalized spacial score (nSPS) is 15.1. The molecule has 0 spiro atoms. The molecule has 3 rings (SSSR count). The van der Waals surface area contributed by atoms with E-state index >= 15 is 0 Å². The molecule has 162 valence electrons. The Bertz CT molecular complexity index is 850. The summed E-state index contributed by atoms with van der Waals surface area (Å²) in [6.45, 7) is 2.88. The molecule has 0 radical (unpaired) electrons. The van der Waals surface area contributed by atoms with E-state index in [0.717, 1.165) is 37.9 Å². The lowest BCUT2D eigenvalue weighted by Gasteiger charge is -2.33. The molecule has 0 atom stereocenters. The Labute approximate surface area is 178 Å². The first-order valence-electron chi connectivity index (χ1n) is 10.4. The third-order valence-electron chi connectivity index (χ3n) is 5.85. The van der Waals surface area contributed by atoms with E-state index in [1.54, 1.807) is 20.3 Å². The quantitative estimate of drug-likeness (QED) is 0.660. The van der Waals surface area contributed by atoms with E-state index in [-0.39, 0.29) is 17.6 Å². The molecule has 0 unspecified atom stereocenters. The Kier molecular flexibility index (Phi) is 7.69. The number of halogens is 1. The number of hydrogen-bond acceptors (Lipinski definition) is 4. The molecule has 2 aromatic rings. The van der Waals surface area contributed by atoms with Crippen LogP contribution in [0.25, 0.3) is 0 Å². The average Bonchev–Trinajstić information content (AvgIpc) is 2.78. The molecule has 5 nitrogen and oxygen atoms in total. The van der Waals surface area contributed by atoms with E-state index in [9.17, 15) is 9.18 Å². The summed E-state index contributed by atoms with van der Waals surface area (Å²) in [4.78, 5) is 16.9. The third-order valence-corrected chi connectivity index (χ3v) is 5.85. The monoisotopic (exact) mass is 414 g/mol. The number of hydrogen-bond donors (Lipinski definition) is 0. The predicted octanol–water partition coefficient (Wildman–Crippen LogP) is 3.76. The fourth-order valence-corrected chi connectivity index (χ4v) is 3.96. The fraction of sp³-hybridized carbons (Fsp3) is 0.458. The molecule has 30 heavy (non-hydrogen) atoms. The maximum absolute atomic E-state index is 13.9. The summed E-state index contributed by atoms with van der Waals surface area (Å²) in [6, 6.07) is 12.7. The number of carbonyl (C=O) groups is 1. The molecule has 1 heterocycles. The highest BCUT2D eigenvalue weighted by molar-refractivity contribution is 5.78. The average molecular weight is 415 g/mol. The SMILES string of the molecule is COc1ccc(CCN(C)C(=O)C2CCN(Cc3ccccc3F)CC2)cc1OC. The van der Waals surface area contributed by atoms with Crippen molar-refractivity contribution in [1.82, 2.24) is 9.80 Å². The standard InChI is InChI=1S/C24H31FN2O3/c1-26(13-10-18-8-9-22(29-2)23(16-18)30-3)24(28)19-11-14-27(15-12-19)17-20-6-4-5-7-21(20)25/h4-9,16,19H,10-15,17H2,1-3H3. The number of rotatable bonds is 8. The van der Waals surface area contributed by atoms with E-state index in [1.807, 2.05) is 42.3 Å². The smallest absolute Gasteiger partial charge is 0.225 e. The Morgan fingerprint density at radius 3 is 2.47 bits per heavy atom. The van der Waals surface area contributed by atoms with Gasteiger partial charge < -0.3 is 14.4 Å². The molecule has 1 amide bonds. The van der Waals surface area contributed by atoms with Gasteiger partial charge in [-0.25, -0.2) is 4.39 Å². The van der Waals surface area contributed by atoms with Crippen LogP contribution in [-0.2, 0) is 17.8 Å². The lowest BCUT2D eigenvalue weighted by molar-refractivity contribution is -0.135. The van der Waals surface area contributed by atoms with Crippen LogP contribution in [0.3, 0.4) is 0 Å². The maximum Gasteiger partial charge on any atom is 0.225 e. The Morgan fingerprint density at radius 2 is 1.80 bits per heavy atom. The van der Waals surface area contributed by atoms with Crippen molar-refractivity contribution in [1.29, 1.82) is 0 Å². The van der Waals surface area contributed by atoms with Crippen molar-refractivity contribution in [3.63, 3.8) is 0 Å². The van der Waals surface area contributed by atoms with E-state index in [0.29, 0.717) is 30.2 Å². The van der Waals surface area contributed by atoms with Gasteiger partial charge in [-0.3, -0.25) is 9.69 Å². The van der Waals surface area contributed by atoms with Crippen LogP contribution in [0.5, 0.6) is 11.5 Å². The zero-order valence-corrected chi connectivity index (χ0v) is 18.1. The molecular weight excluding hydrogens is 383 g/mol. The number of methoxy groups -OCH3 is 2. The van der Waals surface area contributed by atoms with Crippen molar-refractivity contribution in [2.45, 2.75) is 25.8 Å². The number of ether oxygens (including phenoxy) is 2. The Morgan fingerprint density at radius 1 is 1.10 bits per heavy atom. The van der Waals surface area contributed by atoms with Crippen LogP contribution in [-0.4, -0.2) is 56.6 Å². The zero-order valence-electron chi connectivity index (χ0n) is 18.1. The first kappa shape index (κ1) is 22.1. The first-order chi connectivity index (χ1) is 14.5. The van der Waals surface area contributed by atoms with Crippen LogP contribution in [0.15, 0.2) is 42.5 Å². The van der Waals surface area contributed by atoms with Crippen LogP contribution in [0.2, 0.25) is 0 Å². The number of likely N-dealkylation sites (tertiary alicyclic amines) is 1. The summed E-state index contributed by atoms with van der Waals surface area (Å²) in [6.07, 6.45) is 2.39. The molecule has 1 aliphatic rings. The van der Waals surface area contributed by atoms with Crippen LogP contribution in [0, 0.1) is 11.7 Å². The highest BCUT2D eigenvalue weighted by atomic mass is 19.1. The third kappa shape index (κ3) is 5.51. The van der Waals surface area contributed by atoms with Gasteiger partial charge in [-0.2, -0.15) is 0 Å². The molecule has 0 saturated carbocycles. The van der Waals surface area contributed by atoms with Crippen molar-refractivity contribution in [3.8, 4) is 11.5 Å². The summed E-state index contributed by atoms with van der Waals surface area (Å²) in [5.41, 5.74) is 1.82. The van der Waals surface area contributed by atoms with Crippen LogP contribution in [0.1, 0.15) is 24.0 Å². The zero-order chi connectivity index (χ0) is 21.5. The Balaban J connectivity index is 1.47. The minimum atomic E-state index is -0.161. The Hall–Kier alpha value is -2.60. The van der Waals surface area contributed by atoms with Crippen LogP contribution < -0.4 is 9.47 Å². The lowest BCUT2D eigenvalue weighted by atomic mass is 9.95. The number of likely N-dealkylation sites (N-methyl/N-ethyl adjacent to an activating group) is 1. The van der Waals surface area contributed by atoms with Crippen molar-refractivity contribution < 1.29 is 18.7 Å². The molecule has 2 aromatic carbocycles. The second-order valence-electron chi connectivity index (χ2n) is 7.84. The van der Waals surface area contributed by atoms with E-state index in [1.165, 1.54) is 6.07 Å². The fourth-order valence-electron chi connectivity index (χ4n) is 3.96. The topological polar surface area (TPSA) is 42.0 Å². The number of piperidine rings is 1. The first-order valence-corrected chi connectivity index (χ1v) is 10.4. The predicted molar refractivity (Wildman–Crippen MR) is 115 cm³/mol. The van der Waals surface area contributed by atoms with Crippen LogP contribution >= 0.6 is 0 Å². The van der Waals surface area contributed by atoms with E-state index in [4.69, 9.17) is 9.47 Å². The summed E-state index contributed by atoms with van der Waals surface area (Å²) in [5.74, 6) is 1.47. The molecule has 6 heteroatoms. The molecular formula is C24H31FN2O3. The van der Waals surface area contributed by atoms with Gasteiger partial charge in [0.25, 0.3) is 0 Å². The van der Waals surface area contributed by atoms with Crippen molar-refractivity contribution in [2.24, 2.45) is 5.92 Å². The second kappa shape index (κ2) is 10.4. The van der Waals surface area contributed by atoms with E-state index < -0.39 is 0 Å². The van der Waals surface area contributed by atoms with Gasteiger partial charge in [-0.1, -0.05) is 24.3 Å². The molecule has 0 aromatic heterocycles. The van der Waals surface area contributed by atoms with Crippen LogP contribution in [0.4, 0.5) is 4.39 Å². The van der Waals surface area contributed by atoms with Crippen molar-refractivity contribution in [3.05, 3.63) is 59.4 Å². The van der Waals surface area contributed by atoms with Crippen molar-refractivity contribution >= 4 is 5.91 Å². The summed E-state index contributed by atoms with van der Waals surface area (Å²) in [7, 11) is 5.11. The van der Waals surface area contributed by atoms with Crippen molar-refractivity contribution in [2.75, 3.05) is 40.9 Å². The van der Waals surface area contributed by atoms with Gasteiger partial charge in [0.15, 0.2) is 11.5 Å². The minimum Gasteiger partial charge on any atom is -0.493 e. The number of nitrogens with zero attached hydrogens (tertiary/aromatic N) is 2. The summed E-state index contributed by atoms with van der Waals surface area (Å²) in [5, 5.41) is 0. The van der Waals surface area contributed by atoms with Gasteiger partial charge in [0.05, 0.1) is 14.2 Å². The highest BCUT2D eigenvalue weighted by Crippen LogP contribution is 2.28. The summed E-state index contributed by atoms with van der Waals surface area (Å²) < 4.78 is 24.5.